The maximum Gasteiger partial charge on any atom is 0.354 e. The summed E-state index contributed by atoms with van der Waals surface area (Å²) in [5, 5.41) is 10.8. The zero-order chi connectivity index (χ0) is 28.6. The van der Waals surface area contributed by atoms with Crippen LogP contribution in [-0.2, 0) is 20.1 Å². The molecule has 0 fully saturated rings. The van der Waals surface area contributed by atoms with E-state index >= 15 is 0 Å². The Morgan fingerprint density at radius 2 is 0.976 bits per heavy atom. The van der Waals surface area contributed by atoms with Gasteiger partial charge in [-0.2, -0.15) is 0 Å². The van der Waals surface area contributed by atoms with Crippen molar-refractivity contribution < 1.29 is 30.0 Å². The fraction of sp³-hybridized carbons (Fsp3) is 0.0588. The number of aromatic nitrogens is 5. The molecule has 2 aromatic carbocycles. The van der Waals surface area contributed by atoms with E-state index in [4.69, 9.17) is 5.11 Å². The van der Waals surface area contributed by atoms with Crippen LogP contribution in [0.4, 0.5) is 0 Å². The van der Waals surface area contributed by atoms with Gasteiger partial charge in [-0.1, -0.05) is 54.6 Å². The number of carbonyl (C=O) groups is 1. The number of nitrogens with zero attached hydrogens (tertiary/aromatic N) is 5. The molecule has 5 heterocycles. The minimum absolute atomic E-state index is 0. The number of carboxylic acid groups (broad SMARTS) is 1. The van der Waals surface area contributed by atoms with Crippen LogP contribution in [0.3, 0.4) is 0 Å². The van der Waals surface area contributed by atoms with Crippen LogP contribution >= 0.6 is 0 Å². The second kappa shape index (κ2) is 14.1. The number of hydrogen-bond donors (Lipinski definition) is 1. The average Bonchev–Trinajstić information content (AvgIpc) is 3.54. The maximum absolute atomic E-state index is 10.1. The van der Waals surface area contributed by atoms with Gasteiger partial charge in [0.25, 0.3) is 0 Å². The fourth-order valence-electron chi connectivity index (χ4n) is 4.66. The Hall–Kier alpha value is -4.91. The van der Waals surface area contributed by atoms with Gasteiger partial charge in [0.1, 0.15) is 17.3 Å². The van der Waals surface area contributed by atoms with Crippen molar-refractivity contribution >= 4 is 27.8 Å². The quantitative estimate of drug-likeness (QED) is 0.204. The molecular formula is C34H29IrN5O2. The van der Waals surface area contributed by atoms with Gasteiger partial charge in [-0.15, -0.1) is 0 Å². The van der Waals surface area contributed by atoms with Gasteiger partial charge in [-0.25, -0.2) is 19.7 Å². The van der Waals surface area contributed by atoms with E-state index in [9.17, 15) is 4.79 Å². The molecule has 0 unspecified atom stereocenters. The maximum atomic E-state index is 10.1. The van der Waals surface area contributed by atoms with Gasteiger partial charge in [0.15, 0.2) is 0 Å². The summed E-state index contributed by atoms with van der Waals surface area (Å²) in [7, 11) is 0. The summed E-state index contributed by atoms with van der Waals surface area (Å²) in [5.74, 6) is 0.956. The first kappa shape index (κ1) is 30.1. The zero-order valence-corrected chi connectivity index (χ0v) is 25.5. The van der Waals surface area contributed by atoms with Crippen LogP contribution in [-0.4, -0.2) is 35.2 Å². The Labute approximate surface area is 257 Å². The molecule has 0 saturated carbocycles. The Kier molecular flexibility index (Phi) is 10.1. The number of para-hydroxylation sites is 2. The number of pyridine rings is 3. The molecular weight excluding hydrogens is 703 g/mol. The Bertz CT molecular complexity index is 1770. The average molecular weight is 732 g/mol. The minimum atomic E-state index is -0.990. The first-order valence-corrected chi connectivity index (χ1v) is 13.1. The third kappa shape index (κ3) is 6.86. The van der Waals surface area contributed by atoms with Crippen LogP contribution in [0.15, 0.2) is 134 Å². The van der Waals surface area contributed by atoms with Gasteiger partial charge in [0.2, 0.25) is 0 Å². The van der Waals surface area contributed by atoms with Crippen molar-refractivity contribution in [1.82, 2.24) is 24.1 Å². The monoisotopic (exact) mass is 732 g/mol. The Morgan fingerprint density at radius 3 is 1.33 bits per heavy atom. The number of aryl methyl sites for hydroxylation is 2. The van der Waals surface area contributed by atoms with Gasteiger partial charge in [0, 0.05) is 60.9 Å². The number of fused-ring (bicyclic) bond motifs is 2. The van der Waals surface area contributed by atoms with E-state index in [0.717, 1.165) is 11.6 Å². The van der Waals surface area contributed by atoms with Crippen LogP contribution in [0, 0.1) is 13.8 Å². The van der Waals surface area contributed by atoms with Crippen molar-refractivity contribution in [2.45, 2.75) is 13.8 Å². The zero-order valence-electron chi connectivity index (χ0n) is 23.1. The normalized spacial score (nSPS) is 10.1. The summed E-state index contributed by atoms with van der Waals surface area (Å²) in [6.07, 6.45) is 5.09. The van der Waals surface area contributed by atoms with Gasteiger partial charge >= 0.3 is 5.97 Å². The van der Waals surface area contributed by atoms with Gasteiger partial charge < -0.3 is 5.11 Å². The molecule has 0 saturated heterocycles. The van der Waals surface area contributed by atoms with Gasteiger partial charge in [-0.05, 0) is 74.5 Å². The van der Waals surface area contributed by atoms with Crippen molar-refractivity contribution in [2.24, 2.45) is 0 Å². The third-order valence-electron chi connectivity index (χ3n) is 6.43. The number of hydrogen-bond acceptors (Lipinski definition) is 4. The summed E-state index contributed by atoms with van der Waals surface area (Å²) in [6.45, 7) is 4.21. The first-order valence-electron chi connectivity index (χ1n) is 13.1. The summed E-state index contributed by atoms with van der Waals surface area (Å²) in [6, 6.07) is 37.8. The van der Waals surface area contributed by atoms with Crippen LogP contribution in [0.5, 0.6) is 0 Å². The topological polar surface area (TPSA) is 85.8 Å². The molecule has 8 heteroatoms. The smallest absolute Gasteiger partial charge is 0.354 e. The SMILES string of the molecule is Cc1cc2ccccc2n1-c1ccccn1.Cc1cc2ccccc2n1-c1ccccn1.O=C(O)c1ccccn1.[Ir]. The third-order valence-corrected chi connectivity index (χ3v) is 6.43. The molecule has 0 amide bonds. The number of aromatic carboxylic acids is 1. The molecule has 1 N–H and O–H groups in total. The minimum Gasteiger partial charge on any atom is -0.477 e. The molecule has 1 radical (unpaired) electrons. The molecule has 0 bridgehead atoms. The summed E-state index contributed by atoms with van der Waals surface area (Å²) in [4.78, 5) is 22.5. The van der Waals surface area contributed by atoms with E-state index in [2.05, 4.69) is 98.6 Å². The van der Waals surface area contributed by atoms with E-state index < -0.39 is 5.97 Å². The molecule has 211 valence electrons. The van der Waals surface area contributed by atoms with E-state index in [1.54, 1.807) is 12.1 Å². The molecule has 0 spiro atoms. The van der Waals surface area contributed by atoms with Gasteiger partial charge in [-0.3, -0.25) is 9.13 Å². The predicted octanol–water partition coefficient (Wildman–Crippen LogP) is 7.45. The molecule has 42 heavy (non-hydrogen) atoms. The van der Waals surface area contributed by atoms with E-state index in [1.807, 2.05) is 48.8 Å². The Morgan fingerprint density at radius 1 is 0.571 bits per heavy atom. The summed E-state index contributed by atoms with van der Waals surface area (Å²) in [5.41, 5.74) is 4.91. The Balaban J connectivity index is 0.000000149. The largest absolute Gasteiger partial charge is 0.477 e. The molecule has 0 atom stereocenters. The van der Waals surface area contributed by atoms with Crippen LogP contribution < -0.4 is 0 Å². The predicted molar refractivity (Wildman–Crippen MR) is 163 cm³/mol. The number of rotatable bonds is 3. The molecule has 0 aliphatic heterocycles. The van der Waals surface area contributed by atoms with Crippen molar-refractivity contribution in [3.63, 3.8) is 0 Å². The van der Waals surface area contributed by atoms with E-state index in [0.29, 0.717) is 0 Å². The van der Waals surface area contributed by atoms with Crippen molar-refractivity contribution in [3.05, 3.63) is 151 Å². The van der Waals surface area contributed by atoms with Crippen molar-refractivity contribution in [1.29, 1.82) is 0 Å². The molecule has 7 rings (SSSR count). The number of carboxylic acids is 1. The number of benzene rings is 2. The summed E-state index contributed by atoms with van der Waals surface area (Å²) >= 11 is 0. The van der Waals surface area contributed by atoms with E-state index in [-0.39, 0.29) is 25.8 Å². The second-order valence-electron chi connectivity index (χ2n) is 9.26. The van der Waals surface area contributed by atoms with Crippen LogP contribution in [0.2, 0.25) is 0 Å². The molecule has 0 aliphatic rings. The van der Waals surface area contributed by atoms with E-state index in [1.165, 1.54) is 45.5 Å². The van der Waals surface area contributed by atoms with Crippen molar-refractivity contribution in [3.8, 4) is 11.6 Å². The van der Waals surface area contributed by atoms with Crippen molar-refractivity contribution in [2.75, 3.05) is 0 Å². The second-order valence-corrected chi connectivity index (χ2v) is 9.26. The molecule has 5 aromatic heterocycles. The van der Waals surface area contributed by atoms with Gasteiger partial charge in [0.05, 0.1) is 11.0 Å². The molecule has 7 nitrogen and oxygen atoms in total. The van der Waals surface area contributed by atoms with Crippen LogP contribution in [0.25, 0.3) is 33.4 Å². The molecule has 0 aliphatic carbocycles. The summed E-state index contributed by atoms with van der Waals surface area (Å²) < 4.78 is 4.35. The molecule has 7 aromatic rings. The van der Waals surface area contributed by atoms with Crippen LogP contribution in [0.1, 0.15) is 21.9 Å². The fourth-order valence-corrected chi connectivity index (χ4v) is 4.66. The standard InChI is InChI=1S/2C14H12N2.C6H5NO2.Ir/c2*1-11-10-12-6-2-3-7-13(12)16(11)14-8-4-5-9-15-14;8-6(9)5-3-1-2-4-7-5;/h2*2-10H,1H3;1-4H,(H,8,9);. The first-order chi connectivity index (χ1) is 20.0.